The van der Waals surface area contributed by atoms with E-state index in [0.717, 1.165) is 31.7 Å². The summed E-state index contributed by atoms with van der Waals surface area (Å²) in [6.07, 6.45) is 3.68. The molecule has 0 aliphatic carbocycles. The van der Waals surface area contributed by atoms with Gasteiger partial charge < -0.3 is 15.1 Å². The minimum absolute atomic E-state index is 0.0515. The molecular weight excluding hydrogens is 204 g/mol. The fourth-order valence-corrected chi connectivity index (χ4v) is 2.02. The Morgan fingerprint density at radius 1 is 1.69 bits per heavy atom. The highest BCUT2D eigenvalue weighted by Crippen LogP contribution is 2.15. The molecule has 2 rings (SSSR count). The van der Waals surface area contributed by atoms with Crippen LogP contribution in [-0.2, 0) is 4.79 Å². The van der Waals surface area contributed by atoms with Crippen LogP contribution in [0.2, 0.25) is 0 Å². The van der Waals surface area contributed by atoms with E-state index >= 15 is 0 Å². The minimum atomic E-state index is -0.0515. The fraction of sp³-hybridized carbons (Fsp3) is 0.583. The summed E-state index contributed by atoms with van der Waals surface area (Å²) in [6, 6.07) is 3.66. The SMILES string of the molecule is C[C@H](NC(=O)[C@H]1CCCNC1)c1ccco1. The molecule has 0 radical (unpaired) electrons. The summed E-state index contributed by atoms with van der Waals surface area (Å²) in [5.41, 5.74) is 0. The van der Waals surface area contributed by atoms with Crippen molar-refractivity contribution in [2.45, 2.75) is 25.8 Å². The van der Waals surface area contributed by atoms with E-state index in [4.69, 9.17) is 4.42 Å². The summed E-state index contributed by atoms with van der Waals surface area (Å²) in [5.74, 6) is 1.03. The van der Waals surface area contributed by atoms with Crippen LogP contribution in [0.25, 0.3) is 0 Å². The molecule has 0 aromatic carbocycles. The van der Waals surface area contributed by atoms with Gasteiger partial charge in [-0.15, -0.1) is 0 Å². The summed E-state index contributed by atoms with van der Waals surface area (Å²) >= 11 is 0. The van der Waals surface area contributed by atoms with E-state index in [9.17, 15) is 4.79 Å². The summed E-state index contributed by atoms with van der Waals surface area (Å²) in [4.78, 5) is 11.9. The maximum atomic E-state index is 11.9. The number of hydrogen-bond acceptors (Lipinski definition) is 3. The molecule has 0 unspecified atom stereocenters. The van der Waals surface area contributed by atoms with Gasteiger partial charge in [0.25, 0.3) is 0 Å². The zero-order valence-electron chi connectivity index (χ0n) is 9.53. The van der Waals surface area contributed by atoms with E-state index in [1.165, 1.54) is 0 Å². The molecule has 1 aromatic heterocycles. The molecule has 0 saturated carbocycles. The highest BCUT2D eigenvalue weighted by atomic mass is 16.3. The zero-order valence-corrected chi connectivity index (χ0v) is 9.53. The van der Waals surface area contributed by atoms with E-state index in [-0.39, 0.29) is 17.9 Å². The van der Waals surface area contributed by atoms with Crippen LogP contribution in [-0.4, -0.2) is 19.0 Å². The minimum Gasteiger partial charge on any atom is -0.467 e. The summed E-state index contributed by atoms with van der Waals surface area (Å²) < 4.78 is 5.25. The van der Waals surface area contributed by atoms with Crippen molar-refractivity contribution in [1.82, 2.24) is 10.6 Å². The monoisotopic (exact) mass is 222 g/mol. The van der Waals surface area contributed by atoms with Crippen LogP contribution in [0.15, 0.2) is 22.8 Å². The molecule has 1 aliphatic heterocycles. The molecule has 88 valence electrons. The van der Waals surface area contributed by atoms with Crippen molar-refractivity contribution in [2.75, 3.05) is 13.1 Å². The number of carbonyl (C=O) groups is 1. The van der Waals surface area contributed by atoms with Gasteiger partial charge in [0, 0.05) is 6.54 Å². The van der Waals surface area contributed by atoms with Gasteiger partial charge in [0.15, 0.2) is 0 Å². The molecule has 16 heavy (non-hydrogen) atoms. The van der Waals surface area contributed by atoms with Gasteiger partial charge in [-0.05, 0) is 38.4 Å². The molecule has 1 aromatic rings. The van der Waals surface area contributed by atoms with E-state index in [1.807, 2.05) is 19.1 Å². The lowest BCUT2D eigenvalue weighted by Gasteiger charge is -2.23. The number of carbonyl (C=O) groups excluding carboxylic acids is 1. The predicted octanol–water partition coefficient (Wildman–Crippen LogP) is 1.46. The highest BCUT2D eigenvalue weighted by Gasteiger charge is 2.22. The van der Waals surface area contributed by atoms with Crippen LogP contribution >= 0.6 is 0 Å². The summed E-state index contributed by atoms with van der Waals surface area (Å²) in [6.45, 7) is 3.75. The van der Waals surface area contributed by atoms with Crippen molar-refractivity contribution in [3.8, 4) is 0 Å². The maximum absolute atomic E-state index is 11.9. The molecule has 4 heteroatoms. The van der Waals surface area contributed by atoms with Crippen molar-refractivity contribution >= 4 is 5.91 Å². The summed E-state index contributed by atoms with van der Waals surface area (Å²) in [5, 5.41) is 6.22. The second-order valence-electron chi connectivity index (χ2n) is 4.29. The van der Waals surface area contributed by atoms with Crippen LogP contribution in [0.3, 0.4) is 0 Å². The lowest BCUT2D eigenvalue weighted by molar-refractivity contribution is -0.126. The Morgan fingerprint density at radius 3 is 3.19 bits per heavy atom. The van der Waals surface area contributed by atoms with Crippen LogP contribution in [0.1, 0.15) is 31.6 Å². The number of hydrogen-bond donors (Lipinski definition) is 2. The first-order valence-corrected chi connectivity index (χ1v) is 5.82. The summed E-state index contributed by atoms with van der Waals surface area (Å²) in [7, 11) is 0. The predicted molar refractivity (Wildman–Crippen MR) is 60.9 cm³/mol. The van der Waals surface area contributed by atoms with E-state index in [1.54, 1.807) is 6.26 Å². The average Bonchev–Trinajstić information content (AvgIpc) is 2.83. The molecule has 1 saturated heterocycles. The second kappa shape index (κ2) is 5.16. The highest BCUT2D eigenvalue weighted by molar-refractivity contribution is 5.79. The smallest absolute Gasteiger partial charge is 0.224 e. The van der Waals surface area contributed by atoms with Crippen molar-refractivity contribution in [2.24, 2.45) is 5.92 Å². The fourth-order valence-electron chi connectivity index (χ4n) is 2.02. The Hall–Kier alpha value is -1.29. The van der Waals surface area contributed by atoms with Crippen molar-refractivity contribution < 1.29 is 9.21 Å². The van der Waals surface area contributed by atoms with E-state index < -0.39 is 0 Å². The first-order chi connectivity index (χ1) is 7.77. The number of amides is 1. The number of rotatable bonds is 3. The Kier molecular flexibility index (Phi) is 3.62. The lowest BCUT2D eigenvalue weighted by Crippen LogP contribution is -2.41. The molecule has 1 fully saturated rings. The molecule has 2 heterocycles. The Bertz CT molecular complexity index is 329. The standard InChI is InChI=1S/C12H18N2O2/c1-9(11-5-3-7-16-11)14-12(15)10-4-2-6-13-8-10/h3,5,7,9-10,13H,2,4,6,8H2,1H3,(H,14,15)/t9-,10-/m0/s1. The zero-order chi connectivity index (χ0) is 11.4. The molecule has 1 aliphatic rings. The van der Waals surface area contributed by atoms with Crippen molar-refractivity contribution in [3.05, 3.63) is 24.2 Å². The van der Waals surface area contributed by atoms with Crippen LogP contribution in [0.4, 0.5) is 0 Å². The van der Waals surface area contributed by atoms with Gasteiger partial charge in [-0.25, -0.2) is 0 Å². The largest absolute Gasteiger partial charge is 0.467 e. The van der Waals surface area contributed by atoms with Crippen LogP contribution in [0.5, 0.6) is 0 Å². The molecule has 2 N–H and O–H groups in total. The number of nitrogens with one attached hydrogen (secondary N) is 2. The van der Waals surface area contributed by atoms with Gasteiger partial charge in [0.1, 0.15) is 5.76 Å². The Labute approximate surface area is 95.4 Å². The van der Waals surface area contributed by atoms with Gasteiger partial charge in [-0.2, -0.15) is 0 Å². The number of piperidine rings is 1. The van der Waals surface area contributed by atoms with E-state index in [0.29, 0.717) is 0 Å². The normalized spacial score (nSPS) is 22.7. The van der Waals surface area contributed by atoms with Gasteiger partial charge in [-0.3, -0.25) is 4.79 Å². The van der Waals surface area contributed by atoms with Crippen molar-refractivity contribution in [3.63, 3.8) is 0 Å². The first-order valence-electron chi connectivity index (χ1n) is 5.82. The lowest BCUT2D eigenvalue weighted by atomic mass is 9.98. The Morgan fingerprint density at radius 2 is 2.56 bits per heavy atom. The Balaban J connectivity index is 1.86. The molecular formula is C12H18N2O2. The molecule has 0 bridgehead atoms. The van der Waals surface area contributed by atoms with Crippen LogP contribution < -0.4 is 10.6 Å². The second-order valence-corrected chi connectivity index (χ2v) is 4.29. The first kappa shape index (κ1) is 11.2. The van der Waals surface area contributed by atoms with Gasteiger partial charge in [-0.1, -0.05) is 0 Å². The topological polar surface area (TPSA) is 54.3 Å². The molecule has 2 atom stereocenters. The van der Waals surface area contributed by atoms with Crippen LogP contribution in [0, 0.1) is 5.92 Å². The van der Waals surface area contributed by atoms with Gasteiger partial charge >= 0.3 is 0 Å². The third kappa shape index (κ3) is 2.64. The molecule has 1 amide bonds. The third-order valence-electron chi connectivity index (χ3n) is 3.00. The maximum Gasteiger partial charge on any atom is 0.224 e. The van der Waals surface area contributed by atoms with E-state index in [2.05, 4.69) is 10.6 Å². The third-order valence-corrected chi connectivity index (χ3v) is 3.00. The molecule has 0 spiro atoms. The van der Waals surface area contributed by atoms with Crippen molar-refractivity contribution in [1.29, 1.82) is 0 Å². The molecule has 4 nitrogen and oxygen atoms in total. The average molecular weight is 222 g/mol. The number of furan rings is 1. The van der Waals surface area contributed by atoms with Gasteiger partial charge in [0.2, 0.25) is 5.91 Å². The quantitative estimate of drug-likeness (QED) is 0.814. The van der Waals surface area contributed by atoms with Gasteiger partial charge in [0.05, 0.1) is 18.2 Å².